The molecule has 0 fully saturated rings. The number of fused-ring (bicyclic) bond motifs is 1. The van der Waals surface area contributed by atoms with Crippen molar-refractivity contribution in [3.63, 3.8) is 0 Å². The van der Waals surface area contributed by atoms with Gasteiger partial charge in [-0.15, -0.1) is 6.58 Å². The van der Waals surface area contributed by atoms with E-state index in [0.717, 1.165) is 57.2 Å². The highest BCUT2D eigenvalue weighted by Crippen LogP contribution is 2.31. The van der Waals surface area contributed by atoms with Crippen molar-refractivity contribution in [1.82, 2.24) is 15.3 Å². The molecule has 2 aromatic carbocycles. The van der Waals surface area contributed by atoms with E-state index in [1.165, 1.54) is 5.57 Å². The van der Waals surface area contributed by atoms with Crippen LogP contribution in [-0.4, -0.2) is 23.7 Å². The highest BCUT2D eigenvalue weighted by atomic mass is 16.5. The summed E-state index contributed by atoms with van der Waals surface area (Å²) in [6, 6.07) is 12.7. The molecule has 5 heteroatoms. The SMILES string of the molecule is C=CCC1C=C(OC)C=C/C1=C(/C)NCc1cc(-c2ccc3nc(C)[nH]c3c2)ccc1OCC. The van der Waals surface area contributed by atoms with E-state index in [1.807, 2.05) is 26.0 Å². The summed E-state index contributed by atoms with van der Waals surface area (Å²) in [7, 11) is 1.70. The smallest absolute Gasteiger partial charge is 0.124 e. The van der Waals surface area contributed by atoms with Gasteiger partial charge in [0, 0.05) is 23.7 Å². The monoisotopic (exact) mass is 455 g/mol. The Labute approximate surface area is 201 Å². The number of methoxy groups -OCH3 is 1. The van der Waals surface area contributed by atoms with Gasteiger partial charge in [0.1, 0.15) is 17.3 Å². The molecule has 1 heterocycles. The number of benzene rings is 2. The van der Waals surface area contributed by atoms with Crippen LogP contribution in [0, 0.1) is 12.8 Å². The number of imidazole rings is 1. The summed E-state index contributed by atoms with van der Waals surface area (Å²) in [5, 5.41) is 3.63. The molecule has 0 aliphatic heterocycles. The molecule has 1 unspecified atom stereocenters. The van der Waals surface area contributed by atoms with Crippen molar-refractivity contribution in [2.45, 2.75) is 33.7 Å². The van der Waals surface area contributed by atoms with Crippen LogP contribution in [0.15, 0.2) is 84.3 Å². The predicted octanol–water partition coefficient (Wildman–Crippen LogP) is 6.59. The van der Waals surface area contributed by atoms with Crippen LogP contribution in [0.4, 0.5) is 0 Å². The standard InChI is InChI=1S/C29H33N3O2/c1-6-8-23-16-25(33-5)11-12-26(23)19(3)30-18-24-15-21(10-14-29(24)34-7-2)22-9-13-27-28(17-22)32-20(4)31-27/h6,9-17,23,30H,1,7-8,18H2,2-5H3,(H,31,32)/b26-19+. The Kier molecular flexibility index (Phi) is 7.21. The van der Waals surface area contributed by atoms with Crippen LogP contribution >= 0.6 is 0 Å². The van der Waals surface area contributed by atoms with Gasteiger partial charge in [-0.25, -0.2) is 4.98 Å². The average Bonchev–Trinajstić information content (AvgIpc) is 3.22. The van der Waals surface area contributed by atoms with Crippen molar-refractivity contribution < 1.29 is 9.47 Å². The maximum Gasteiger partial charge on any atom is 0.124 e. The van der Waals surface area contributed by atoms with E-state index in [1.54, 1.807) is 7.11 Å². The molecule has 0 spiro atoms. The third-order valence-corrected chi connectivity index (χ3v) is 6.12. The fourth-order valence-corrected chi connectivity index (χ4v) is 4.39. The van der Waals surface area contributed by atoms with E-state index in [4.69, 9.17) is 9.47 Å². The molecular formula is C29H33N3O2. The van der Waals surface area contributed by atoms with Crippen molar-refractivity contribution in [2.75, 3.05) is 13.7 Å². The van der Waals surface area contributed by atoms with Crippen LogP contribution < -0.4 is 10.1 Å². The number of hydrogen-bond donors (Lipinski definition) is 2. The number of aromatic nitrogens is 2. The molecule has 0 bridgehead atoms. The van der Waals surface area contributed by atoms with Crippen molar-refractivity contribution in [1.29, 1.82) is 0 Å². The minimum absolute atomic E-state index is 0.243. The summed E-state index contributed by atoms with van der Waals surface area (Å²) in [4.78, 5) is 7.84. The third-order valence-electron chi connectivity index (χ3n) is 6.12. The van der Waals surface area contributed by atoms with Crippen LogP contribution in [0.3, 0.4) is 0 Å². The largest absolute Gasteiger partial charge is 0.497 e. The number of allylic oxidation sites excluding steroid dienone is 6. The fourth-order valence-electron chi connectivity index (χ4n) is 4.39. The Morgan fingerprint density at radius 3 is 2.74 bits per heavy atom. The molecule has 5 nitrogen and oxygen atoms in total. The Morgan fingerprint density at radius 1 is 1.18 bits per heavy atom. The van der Waals surface area contributed by atoms with Gasteiger partial charge in [-0.05, 0) is 80.3 Å². The van der Waals surface area contributed by atoms with E-state index < -0.39 is 0 Å². The van der Waals surface area contributed by atoms with Gasteiger partial charge in [-0.1, -0.05) is 24.3 Å². The molecule has 0 saturated heterocycles. The summed E-state index contributed by atoms with van der Waals surface area (Å²) in [5.74, 6) is 2.95. The lowest BCUT2D eigenvalue weighted by atomic mass is 9.89. The van der Waals surface area contributed by atoms with Gasteiger partial charge in [0.2, 0.25) is 0 Å². The highest BCUT2D eigenvalue weighted by molar-refractivity contribution is 5.82. The molecular weight excluding hydrogens is 422 g/mol. The lowest BCUT2D eigenvalue weighted by Crippen LogP contribution is -2.17. The van der Waals surface area contributed by atoms with Crippen LogP contribution in [0.1, 0.15) is 31.7 Å². The van der Waals surface area contributed by atoms with Crippen molar-refractivity contribution in [3.8, 4) is 16.9 Å². The fraction of sp³-hybridized carbons (Fsp3) is 0.276. The second-order valence-electron chi connectivity index (χ2n) is 8.48. The lowest BCUT2D eigenvalue weighted by molar-refractivity contribution is 0.302. The zero-order valence-electron chi connectivity index (χ0n) is 20.4. The van der Waals surface area contributed by atoms with Gasteiger partial charge >= 0.3 is 0 Å². The van der Waals surface area contributed by atoms with Crippen LogP contribution in [0.25, 0.3) is 22.2 Å². The molecule has 3 aromatic rings. The third kappa shape index (κ3) is 5.09. The van der Waals surface area contributed by atoms with E-state index in [9.17, 15) is 0 Å². The number of hydrogen-bond acceptors (Lipinski definition) is 4. The average molecular weight is 456 g/mol. The molecule has 1 aliphatic carbocycles. The van der Waals surface area contributed by atoms with E-state index in [2.05, 4.69) is 77.3 Å². The van der Waals surface area contributed by atoms with Gasteiger partial charge in [0.05, 0.1) is 24.8 Å². The van der Waals surface area contributed by atoms with Crippen molar-refractivity contribution in [3.05, 3.63) is 95.7 Å². The zero-order valence-corrected chi connectivity index (χ0v) is 20.4. The van der Waals surface area contributed by atoms with Gasteiger partial charge in [0.25, 0.3) is 0 Å². The number of H-pyrrole nitrogens is 1. The van der Waals surface area contributed by atoms with Crippen LogP contribution in [-0.2, 0) is 11.3 Å². The first-order valence-electron chi connectivity index (χ1n) is 11.7. The van der Waals surface area contributed by atoms with Gasteiger partial charge in [0.15, 0.2) is 0 Å². The number of ether oxygens (including phenoxy) is 2. The summed E-state index contributed by atoms with van der Waals surface area (Å²) >= 11 is 0. The first-order valence-corrected chi connectivity index (χ1v) is 11.7. The van der Waals surface area contributed by atoms with Crippen molar-refractivity contribution >= 4 is 11.0 Å². The maximum atomic E-state index is 5.94. The predicted molar refractivity (Wildman–Crippen MR) is 140 cm³/mol. The van der Waals surface area contributed by atoms with Crippen LogP contribution in [0.2, 0.25) is 0 Å². The Morgan fingerprint density at radius 2 is 1.97 bits per heavy atom. The van der Waals surface area contributed by atoms with E-state index in [0.29, 0.717) is 13.2 Å². The number of nitrogens with one attached hydrogen (secondary N) is 2. The first-order chi connectivity index (χ1) is 16.5. The number of rotatable bonds is 9. The topological polar surface area (TPSA) is 59.2 Å². The molecule has 4 rings (SSSR count). The minimum atomic E-state index is 0.243. The molecule has 1 aliphatic rings. The van der Waals surface area contributed by atoms with E-state index in [-0.39, 0.29) is 5.92 Å². The summed E-state index contributed by atoms with van der Waals surface area (Å²) in [5.41, 5.74) is 7.82. The lowest BCUT2D eigenvalue weighted by Gasteiger charge is -2.22. The molecule has 1 atom stereocenters. The summed E-state index contributed by atoms with van der Waals surface area (Å²) in [6.07, 6.45) is 9.12. The second kappa shape index (κ2) is 10.5. The minimum Gasteiger partial charge on any atom is -0.497 e. The van der Waals surface area contributed by atoms with Gasteiger partial charge < -0.3 is 19.8 Å². The molecule has 0 radical (unpaired) electrons. The van der Waals surface area contributed by atoms with Crippen LogP contribution in [0.5, 0.6) is 5.75 Å². The Balaban J connectivity index is 1.61. The molecule has 2 N–H and O–H groups in total. The molecule has 0 amide bonds. The molecule has 0 saturated carbocycles. The number of aromatic amines is 1. The number of nitrogens with zero attached hydrogens (tertiary/aromatic N) is 1. The Bertz CT molecular complexity index is 1280. The zero-order chi connectivity index (χ0) is 24.1. The number of aryl methyl sites for hydroxylation is 1. The summed E-state index contributed by atoms with van der Waals surface area (Å²) < 4.78 is 11.4. The highest BCUT2D eigenvalue weighted by Gasteiger charge is 2.17. The maximum absolute atomic E-state index is 5.94. The van der Waals surface area contributed by atoms with Crippen molar-refractivity contribution in [2.24, 2.45) is 5.92 Å². The molecule has 176 valence electrons. The normalized spacial score (nSPS) is 16.8. The van der Waals surface area contributed by atoms with Gasteiger partial charge in [-0.2, -0.15) is 0 Å². The second-order valence-corrected chi connectivity index (χ2v) is 8.48. The Hall–Kier alpha value is -3.73. The van der Waals surface area contributed by atoms with E-state index >= 15 is 0 Å². The molecule has 1 aromatic heterocycles. The van der Waals surface area contributed by atoms with Gasteiger partial charge in [-0.3, -0.25) is 0 Å². The summed E-state index contributed by atoms with van der Waals surface area (Å²) in [6.45, 7) is 11.3. The first kappa shape index (κ1) is 23.4. The molecule has 34 heavy (non-hydrogen) atoms. The quantitative estimate of drug-likeness (QED) is 0.357.